The summed E-state index contributed by atoms with van der Waals surface area (Å²) in [6, 6.07) is 5.97. The summed E-state index contributed by atoms with van der Waals surface area (Å²) in [5, 5.41) is 0. The predicted octanol–water partition coefficient (Wildman–Crippen LogP) is 6.82. The highest BCUT2D eigenvalue weighted by atomic mass is 127. The van der Waals surface area contributed by atoms with Crippen LogP contribution >= 0.6 is 87.2 Å². The van der Waals surface area contributed by atoms with E-state index in [0.29, 0.717) is 0 Å². The Morgan fingerprint density at radius 2 is 1.20 bits per heavy atom. The standard InChI is InChI=1S/C9H20I4Si2/c1-3-14(10,4-2)8-6-5-7-9-15(11,12)13/h3-9H2,1-2H3. The van der Waals surface area contributed by atoms with Crippen LogP contribution in [0.5, 0.6) is 0 Å². The van der Waals surface area contributed by atoms with E-state index in [2.05, 4.69) is 101 Å². The molecule has 0 bridgehead atoms. The number of hydrogen-bond acceptors (Lipinski definition) is 0. The van der Waals surface area contributed by atoms with Crippen LogP contribution in [0.25, 0.3) is 0 Å². The summed E-state index contributed by atoms with van der Waals surface area (Å²) in [4.78, 5) is 0. The van der Waals surface area contributed by atoms with E-state index in [4.69, 9.17) is 0 Å². The molecule has 0 aromatic carbocycles. The van der Waals surface area contributed by atoms with Gasteiger partial charge in [-0.2, -0.15) is 0 Å². The van der Waals surface area contributed by atoms with Gasteiger partial charge in [0.1, 0.15) is 5.57 Å². The van der Waals surface area contributed by atoms with Crippen LogP contribution in [-0.2, 0) is 0 Å². The lowest BCUT2D eigenvalue weighted by Crippen LogP contribution is -2.22. The maximum Gasteiger partial charge on any atom is 0.253 e. The van der Waals surface area contributed by atoms with E-state index < -0.39 is 6.13 Å². The number of unbranched alkanes of at least 4 members (excludes halogenated alkanes) is 2. The second-order valence-electron chi connectivity index (χ2n) is 4.03. The molecule has 0 radical (unpaired) electrons. The zero-order valence-corrected chi connectivity index (χ0v) is 20.1. The van der Waals surface area contributed by atoms with Crippen molar-refractivity contribution in [3.8, 4) is 0 Å². The van der Waals surface area contributed by atoms with Gasteiger partial charge < -0.3 is 0 Å². The van der Waals surface area contributed by atoms with E-state index in [1.165, 1.54) is 37.4 Å². The summed E-state index contributed by atoms with van der Waals surface area (Å²) in [7, 11) is 0. The van der Waals surface area contributed by atoms with Crippen LogP contribution in [0, 0.1) is 0 Å². The minimum absolute atomic E-state index is 0.818. The predicted molar refractivity (Wildman–Crippen MR) is 112 cm³/mol. The Morgan fingerprint density at radius 3 is 1.60 bits per heavy atom. The Bertz CT molecular complexity index is 166. The Kier molecular flexibility index (Phi) is 11.4. The van der Waals surface area contributed by atoms with Crippen molar-refractivity contribution in [3.63, 3.8) is 0 Å². The molecule has 0 unspecified atom stereocenters. The van der Waals surface area contributed by atoms with Crippen molar-refractivity contribution in [1.29, 1.82) is 0 Å². The van der Waals surface area contributed by atoms with Gasteiger partial charge in [-0.15, -0.1) is 21.8 Å². The molecule has 0 fully saturated rings. The first-order valence-corrected chi connectivity index (χ1v) is 22.9. The van der Waals surface area contributed by atoms with Gasteiger partial charge >= 0.3 is 0 Å². The molecule has 0 spiro atoms. The molecule has 0 amide bonds. The van der Waals surface area contributed by atoms with Crippen LogP contribution in [0.1, 0.15) is 33.1 Å². The van der Waals surface area contributed by atoms with E-state index in [9.17, 15) is 0 Å². The first kappa shape index (κ1) is 18.4. The van der Waals surface area contributed by atoms with Crippen molar-refractivity contribution in [2.24, 2.45) is 0 Å². The van der Waals surface area contributed by atoms with Gasteiger partial charge in [0.15, 0.2) is 0 Å². The summed E-state index contributed by atoms with van der Waals surface area (Å²) in [6.45, 7) is 4.78. The monoisotopic (exact) mass is 692 g/mol. The average molecular weight is 692 g/mol. The fourth-order valence-electron chi connectivity index (χ4n) is 1.55. The summed E-state index contributed by atoms with van der Waals surface area (Å²) in [6.07, 6.45) is 4.43. The van der Waals surface area contributed by atoms with E-state index in [-0.39, 0.29) is 0 Å². The molecule has 15 heavy (non-hydrogen) atoms. The molecule has 0 aromatic heterocycles. The summed E-state index contributed by atoms with van der Waals surface area (Å²) < 4.78 is -0.850. The Labute approximate surface area is 148 Å². The highest BCUT2D eigenvalue weighted by molar-refractivity contribution is 14.4. The van der Waals surface area contributed by atoms with Crippen molar-refractivity contribution < 1.29 is 0 Å². The van der Waals surface area contributed by atoms with Crippen molar-refractivity contribution in [2.45, 2.75) is 57.3 Å². The van der Waals surface area contributed by atoms with Gasteiger partial charge in [0.05, 0.1) is 0 Å². The van der Waals surface area contributed by atoms with Gasteiger partial charge in [0, 0.05) is 0 Å². The van der Waals surface area contributed by atoms with Gasteiger partial charge in [0.2, 0.25) is 0 Å². The average Bonchev–Trinajstić information content (AvgIpc) is 2.15. The van der Waals surface area contributed by atoms with Gasteiger partial charge in [-0.05, 0) is 12.1 Å². The van der Waals surface area contributed by atoms with Crippen molar-refractivity contribution in [2.75, 3.05) is 0 Å². The van der Waals surface area contributed by atoms with Crippen molar-refractivity contribution >= 4 is 93.3 Å². The lowest BCUT2D eigenvalue weighted by molar-refractivity contribution is 0.761. The maximum atomic E-state index is 2.81. The highest BCUT2D eigenvalue weighted by Crippen LogP contribution is 2.36. The third-order valence-corrected chi connectivity index (χ3v) is 18.6. The SMILES string of the molecule is CC[Si](I)(CC)CCCCC[Si](I)(I)I. The van der Waals surface area contributed by atoms with Crippen molar-refractivity contribution in [3.05, 3.63) is 0 Å². The molecule has 0 atom stereocenters. The molecule has 0 N–H and O–H groups in total. The second kappa shape index (κ2) is 9.29. The number of halogens is 4. The van der Waals surface area contributed by atoms with Crippen LogP contribution in [-0.4, -0.2) is 6.13 Å². The Balaban J connectivity index is 3.54. The highest BCUT2D eigenvalue weighted by Gasteiger charge is 2.25. The molecule has 0 saturated carbocycles. The van der Waals surface area contributed by atoms with Gasteiger partial charge in [-0.3, -0.25) is 0 Å². The first-order valence-electron chi connectivity index (χ1n) is 5.58. The van der Waals surface area contributed by atoms with E-state index >= 15 is 0 Å². The Hall–Kier alpha value is 3.35. The Morgan fingerprint density at radius 1 is 0.733 bits per heavy atom. The summed E-state index contributed by atoms with van der Waals surface area (Å²) in [5.41, 5.74) is -0.818. The first-order chi connectivity index (χ1) is 6.83. The van der Waals surface area contributed by atoms with E-state index in [1.54, 1.807) is 6.04 Å². The van der Waals surface area contributed by atoms with Crippen LogP contribution < -0.4 is 0 Å². The molecule has 0 saturated heterocycles. The van der Waals surface area contributed by atoms with E-state index in [0.717, 1.165) is 0 Å². The van der Waals surface area contributed by atoms with Crippen LogP contribution in [0.2, 0.25) is 24.2 Å². The van der Waals surface area contributed by atoms with Crippen LogP contribution in [0.4, 0.5) is 0 Å². The molecule has 6 heteroatoms. The minimum Gasteiger partial charge on any atom is -0.119 e. The number of hydrogen-bond donors (Lipinski definition) is 0. The molecular formula is C9H20I4Si2. The van der Waals surface area contributed by atoms with Gasteiger partial charge in [-0.1, -0.05) is 111 Å². The lowest BCUT2D eigenvalue weighted by Gasteiger charge is -2.21. The van der Waals surface area contributed by atoms with Gasteiger partial charge in [0.25, 0.3) is 0.564 Å². The minimum atomic E-state index is -0.850. The molecule has 0 rings (SSSR count). The molecule has 0 aliphatic heterocycles. The third kappa shape index (κ3) is 10.9. The smallest absolute Gasteiger partial charge is 0.119 e. The largest absolute Gasteiger partial charge is 0.253 e. The molecule has 0 aliphatic carbocycles. The van der Waals surface area contributed by atoms with Crippen molar-refractivity contribution in [1.82, 2.24) is 0 Å². The summed E-state index contributed by atoms with van der Waals surface area (Å²) >= 11 is 10.8. The normalized spacial score (nSPS) is 13.2. The second-order valence-corrected chi connectivity index (χ2v) is 52.0. The fraction of sp³-hybridized carbons (Fsp3) is 1.00. The molecule has 0 aromatic rings. The zero-order valence-electron chi connectivity index (χ0n) is 9.46. The fourth-order valence-corrected chi connectivity index (χ4v) is 8.87. The van der Waals surface area contributed by atoms with Crippen LogP contribution in [0.15, 0.2) is 0 Å². The zero-order chi connectivity index (χ0) is 11.9. The molecule has 0 aliphatic rings. The van der Waals surface area contributed by atoms with Crippen LogP contribution in [0.3, 0.4) is 0 Å². The number of rotatable bonds is 8. The lowest BCUT2D eigenvalue weighted by atomic mass is 10.3. The maximum absolute atomic E-state index is 2.81. The summed E-state index contributed by atoms with van der Waals surface area (Å²) in [5.74, 6) is 0. The topological polar surface area (TPSA) is 0 Å². The van der Waals surface area contributed by atoms with Gasteiger partial charge in [-0.25, -0.2) is 0 Å². The molecule has 0 heterocycles. The third-order valence-electron chi connectivity index (χ3n) is 2.85. The van der Waals surface area contributed by atoms with E-state index in [1.807, 2.05) is 0 Å². The molecule has 92 valence electrons. The quantitative estimate of drug-likeness (QED) is 0.114. The molecule has 0 nitrogen and oxygen atoms in total. The molecular weight excluding hydrogens is 672 g/mol.